The van der Waals surface area contributed by atoms with E-state index in [1.54, 1.807) is 24.3 Å². The standard InChI is InChI=1S/C20H26N2O4S/c1-16(2)13-14-21-20(23)15-22(27(3,24)25)17-9-11-19(12-10-17)26-18-7-5-4-6-8-18/h4-12,16H,13-15H2,1-3H3,(H,21,23). The van der Waals surface area contributed by atoms with Crippen LogP contribution in [-0.4, -0.2) is 33.7 Å². The molecular weight excluding hydrogens is 364 g/mol. The molecule has 0 saturated carbocycles. The van der Waals surface area contributed by atoms with E-state index >= 15 is 0 Å². The van der Waals surface area contributed by atoms with Crippen molar-refractivity contribution >= 4 is 21.6 Å². The average molecular weight is 391 g/mol. The molecule has 1 N–H and O–H groups in total. The summed E-state index contributed by atoms with van der Waals surface area (Å²) in [7, 11) is -3.59. The Kier molecular flexibility index (Phi) is 7.24. The van der Waals surface area contributed by atoms with Crippen LogP contribution in [0.5, 0.6) is 11.5 Å². The Morgan fingerprint density at radius 2 is 1.63 bits per heavy atom. The summed E-state index contributed by atoms with van der Waals surface area (Å²) >= 11 is 0. The minimum absolute atomic E-state index is 0.254. The first kappa shape index (κ1) is 20.8. The maximum Gasteiger partial charge on any atom is 0.240 e. The Bertz CT molecular complexity index is 834. The summed E-state index contributed by atoms with van der Waals surface area (Å²) in [5, 5.41) is 2.76. The molecule has 0 saturated heterocycles. The van der Waals surface area contributed by atoms with E-state index in [0.717, 1.165) is 17.0 Å². The van der Waals surface area contributed by atoms with Gasteiger partial charge in [-0.1, -0.05) is 32.0 Å². The maximum absolute atomic E-state index is 12.1. The molecule has 0 aromatic heterocycles. The third kappa shape index (κ3) is 6.94. The SMILES string of the molecule is CC(C)CCNC(=O)CN(c1ccc(Oc2ccccc2)cc1)S(C)(=O)=O. The van der Waals surface area contributed by atoms with Gasteiger partial charge in [-0.3, -0.25) is 9.10 Å². The molecule has 7 heteroatoms. The van der Waals surface area contributed by atoms with Gasteiger partial charge >= 0.3 is 0 Å². The van der Waals surface area contributed by atoms with Crippen LogP contribution in [-0.2, 0) is 14.8 Å². The highest BCUT2D eigenvalue weighted by atomic mass is 32.2. The molecule has 0 radical (unpaired) electrons. The Morgan fingerprint density at radius 1 is 1.04 bits per heavy atom. The van der Waals surface area contributed by atoms with Crippen molar-refractivity contribution in [2.45, 2.75) is 20.3 Å². The summed E-state index contributed by atoms with van der Waals surface area (Å²) in [6.07, 6.45) is 1.93. The van der Waals surface area contributed by atoms with Crippen molar-refractivity contribution in [1.82, 2.24) is 5.32 Å². The zero-order valence-electron chi connectivity index (χ0n) is 15.9. The van der Waals surface area contributed by atoms with Crippen molar-refractivity contribution in [3.05, 3.63) is 54.6 Å². The lowest BCUT2D eigenvalue weighted by Gasteiger charge is -2.22. The Labute approximate surface area is 161 Å². The molecule has 0 heterocycles. The number of nitrogens with one attached hydrogen (secondary N) is 1. The van der Waals surface area contributed by atoms with Crippen LogP contribution in [0.15, 0.2) is 54.6 Å². The van der Waals surface area contributed by atoms with E-state index in [4.69, 9.17) is 4.74 Å². The van der Waals surface area contributed by atoms with Gasteiger partial charge in [0.2, 0.25) is 15.9 Å². The van der Waals surface area contributed by atoms with E-state index in [9.17, 15) is 13.2 Å². The summed E-state index contributed by atoms with van der Waals surface area (Å²) in [6.45, 7) is 4.40. The molecule has 0 aliphatic heterocycles. The Balaban J connectivity index is 2.07. The van der Waals surface area contributed by atoms with Gasteiger partial charge in [0.1, 0.15) is 18.0 Å². The summed E-state index contributed by atoms with van der Waals surface area (Å²) < 4.78 is 31.1. The highest BCUT2D eigenvalue weighted by molar-refractivity contribution is 7.92. The third-order valence-electron chi connectivity index (χ3n) is 3.84. The number of ether oxygens (including phenoxy) is 1. The number of anilines is 1. The molecule has 1 amide bonds. The van der Waals surface area contributed by atoms with Crippen LogP contribution in [0.1, 0.15) is 20.3 Å². The topological polar surface area (TPSA) is 75.7 Å². The van der Waals surface area contributed by atoms with Crippen molar-refractivity contribution in [2.24, 2.45) is 5.92 Å². The van der Waals surface area contributed by atoms with Gasteiger partial charge in [-0.25, -0.2) is 8.42 Å². The van der Waals surface area contributed by atoms with Crippen LogP contribution in [0.25, 0.3) is 0 Å². The molecule has 6 nitrogen and oxygen atoms in total. The van der Waals surface area contributed by atoms with Gasteiger partial charge in [-0.05, 0) is 48.7 Å². The van der Waals surface area contributed by atoms with Gasteiger partial charge in [0, 0.05) is 6.54 Å². The van der Waals surface area contributed by atoms with Crippen LogP contribution in [0.4, 0.5) is 5.69 Å². The zero-order chi connectivity index (χ0) is 19.9. The van der Waals surface area contributed by atoms with Gasteiger partial charge in [0.15, 0.2) is 0 Å². The highest BCUT2D eigenvalue weighted by Crippen LogP contribution is 2.25. The molecule has 0 aliphatic rings. The van der Waals surface area contributed by atoms with Gasteiger partial charge in [0.05, 0.1) is 11.9 Å². The van der Waals surface area contributed by atoms with Crippen LogP contribution in [0.2, 0.25) is 0 Å². The average Bonchev–Trinajstić information content (AvgIpc) is 2.60. The normalized spacial score (nSPS) is 11.3. The van der Waals surface area contributed by atoms with Crippen molar-refractivity contribution in [3.8, 4) is 11.5 Å². The van der Waals surface area contributed by atoms with Crippen LogP contribution in [0, 0.1) is 5.92 Å². The fourth-order valence-electron chi connectivity index (χ4n) is 2.39. The Hall–Kier alpha value is -2.54. The molecule has 0 atom stereocenters. The molecule has 0 spiro atoms. The van der Waals surface area contributed by atoms with E-state index in [1.807, 2.05) is 30.3 Å². The minimum Gasteiger partial charge on any atom is -0.457 e. The molecule has 0 unspecified atom stereocenters. The lowest BCUT2D eigenvalue weighted by Crippen LogP contribution is -2.40. The number of carbonyl (C=O) groups is 1. The molecule has 27 heavy (non-hydrogen) atoms. The number of nitrogens with zero attached hydrogens (tertiary/aromatic N) is 1. The molecule has 0 bridgehead atoms. The lowest BCUT2D eigenvalue weighted by molar-refractivity contribution is -0.119. The first-order chi connectivity index (χ1) is 12.8. The van der Waals surface area contributed by atoms with Gasteiger partial charge < -0.3 is 10.1 Å². The molecule has 0 fully saturated rings. The van der Waals surface area contributed by atoms with Crippen molar-refractivity contribution in [3.63, 3.8) is 0 Å². The number of benzene rings is 2. The molecule has 146 valence electrons. The largest absolute Gasteiger partial charge is 0.457 e. The molecule has 2 aromatic rings. The summed E-state index contributed by atoms with van der Waals surface area (Å²) in [5.74, 6) is 1.41. The van der Waals surface area contributed by atoms with Gasteiger partial charge in [-0.2, -0.15) is 0 Å². The molecule has 2 aromatic carbocycles. The number of carbonyl (C=O) groups excluding carboxylic acids is 1. The number of amides is 1. The molecule has 0 aliphatic carbocycles. The van der Waals surface area contributed by atoms with Crippen LogP contribution in [0.3, 0.4) is 0 Å². The van der Waals surface area contributed by atoms with Gasteiger partial charge in [0.25, 0.3) is 0 Å². The number of hydrogen-bond acceptors (Lipinski definition) is 4. The molecule has 2 rings (SSSR count). The van der Waals surface area contributed by atoms with E-state index in [2.05, 4.69) is 19.2 Å². The van der Waals surface area contributed by atoms with Crippen LogP contribution < -0.4 is 14.4 Å². The van der Waals surface area contributed by atoms with Crippen molar-refractivity contribution in [2.75, 3.05) is 23.7 Å². The first-order valence-corrected chi connectivity index (χ1v) is 10.7. The maximum atomic E-state index is 12.1. The first-order valence-electron chi connectivity index (χ1n) is 8.83. The van der Waals surface area contributed by atoms with Gasteiger partial charge in [-0.15, -0.1) is 0 Å². The zero-order valence-corrected chi connectivity index (χ0v) is 16.7. The quantitative estimate of drug-likeness (QED) is 0.712. The monoisotopic (exact) mass is 390 g/mol. The fraction of sp³-hybridized carbons (Fsp3) is 0.350. The predicted octanol–water partition coefficient (Wildman–Crippen LogP) is 3.41. The number of rotatable bonds is 9. The van der Waals surface area contributed by atoms with E-state index in [-0.39, 0.29) is 12.5 Å². The second-order valence-electron chi connectivity index (χ2n) is 6.71. The number of sulfonamides is 1. The summed E-state index contributed by atoms with van der Waals surface area (Å²) in [4.78, 5) is 12.1. The molecular formula is C20H26N2O4S. The number of hydrogen-bond donors (Lipinski definition) is 1. The highest BCUT2D eigenvalue weighted by Gasteiger charge is 2.20. The lowest BCUT2D eigenvalue weighted by atomic mass is 10.1. The number of para-hydroxylation sites is 1. The van der Waals surface area contributed by atoms with E-state index < -0.39 is 10.0 Å². The van der Waals surface area contributed by atoms with Crippen molar-refractivity contribution < 1.29 is 17.9 Å². The van der Waals surface area contributed by atoms with Crippen LogP contribution >= 0.6 is 0 Å². The second kappa shape index (κ2) is 9.41. The predicted molar refractivity (Wildman–Crippen MR) is 108 cm³/mol. The summed E-state index contributed by atoms with van der Waals surface area (Å²) in [5.41, 5.74) is 0.414. The smallest absolute Gasteiger partial charge is 0.240 e. The van der Waals surface area contributed by atoms with E-state index in [1.165, 1.54) is 0 Å². The Morgan fingerprint density at radius 3 is 2.19 bits per heavy atom. The van der Waals surface area contributed by atoms with E-state index in [0.29, 0.717) is 29.6 Å². The fourth-order valence-corrected chi connectivity index (χ4v) is 3.25. The summed E-state index contributed by atoms with van der Waals surface area (Å²) in [6, 6.07) is 15.9. The second-order valence-corrected chi connectivity index (χ2v) is 8.62. The minimum atomic E-state index is -3.59. The van der Waals surface area contributed by atoms with Crippen molar-refractivity contribution in [1.29, 1.82) is 0 Å². The third-order valence-corrected chi connectivity index (χ3v) is 4.98.